The van der Waals surface area contributed by atoms with E-state index >= 15 is 0 Å². The Morgan fingerprint density at radius 2 is 1.47 bits per heavy atom. The number of pyridine rings is 1. The second-order valence-electron chi connectivity index (χ2n) is 14.2. The largest absolute Gasteiger partial charge is 0.364 e. The van der Waals surface area contributed by atoms with E-state index in [4.69, 9.17) is 17.3 Å². The zero-order valence-corrected chi connectivity index (χ0v) is 33.0. The van der Waals surface area contributed by atoms with Crippen molar-refractivity contribution in [2.45, 2.75) is 37.1 Å². The summed E-state index contributed by atoms with van der Waals surface area (Å²) in [4.78, 5) is 36.2. The van der Waals surface area contributed by atoms with E-state index in [-0.39, 0.29) is 44.4 Å². The Kier molecular flexibility index (Phi) is 12.2. The summed E-state index contributed by atoms with van der Waals surface area (Å²) in [6.45, 7) is 3.09. The van der Waals surface area contributed by atoms with Crippen molar-refractivity contribution >= 4 is 44.9 Å². The quantitative estimate of drug-likeness (QED) is 0.147. The third kappa shape index (κ3) is 8.58. The molecular weight excluding hydrogens is 784 g/mol. The number of primary amides is 1. The van der Waals surface area contributed by atoms with Gasteiger partial charge in [0.15, 0.2) is 0 Å². The fraction of sp³-hybridized carbons (Fsp3) is 0.256. The van der Waals surface area contributed by atoms with Crippen LogP contribution in [-0.4, -0.2) is 73.7 Å². The van der Waals surface area contributed by atoms with Gasteiger partial charge in [0.1, 0.15) is 23.1 Å². The summed E-state index contributed by atoms with van der Waals surface area (Å²) < 4.78 is 56.8. The number of nitrogens with zero attached hydrogens (tertiary/aromatic N) is 5. The summed E-state index contributed by atoms with van der Waals surface area (Å²) in [7, 11) is -3.70. The summed E-state index contributed by atoms with van der Waals surface area (Å²) in [5.74, 6) is -2.21. The molecule has 2 aliphatic heterocycles. The molecule has 0 spiro atoms. The van der Waals surface area contributed by atoms with Crippen molar-refractivity contribution in [2.24, 2.45) is 5.73 Å². The Balaban J connectivity index is 1.20. The van der Waals surface area contributed by atoms with Crippen molar-refractivity contribution in [3.05, 3.63) is 130 Å². The number of amides is 2. The van der Waals surface area contributed by atoms with Crippen molar-refractivity contribution in [3.63, 3.8) is 0 Å². The van der Waals surface area contributed by atoms with Gasteiger partial charge in [-0.15, -0.1) is 0 Å². The van der Waals surface area contributed by atoms with Crippen molar-refractivity contribution in [1.29, 1.82) is 5.26 Å². The number of aromatic nitrogens is 1. The number of anilines is 2. The minimum absolute atomic E-state index is 0.0102. The second-order valence-corrected chi connectivity index (χ2v) is 16.5. The third-order valence-corrected chi connectivity index (χ3v) is 12.8. The van der Waals surface area contributed by atoms with Gasteiger partial charge < -0.3 is 16.0 Å². The number of nitriles is 1. The molecule has 1 aromatic heterocycles. The number of rotatable bonds is 10. The molecule has 5 aromatic rings. The number of sulfonamides is 1. The summed E-state index contributed by atoms with van der Waals surface area (Å²) >= 11 is 7.09. The van der Waals surface area contributed by atoms with Gasteiger partial charge in [0.2, 0.25) is 10.0 Å². The van der Waals surface area contributed by atoms with Crippen LogP contribution in [0.4, 0.5) is 20.3 Å². The Labute approximate surface area is 340 Å². The van der Waals surface area contributed by atoms with Crippen LogP contribution in [0.2, 0.25) is 5.02 Å². The van der Waals surface area contributed by atoms with E-state index in [0.29, 0.717) is 73.9 Å². The molecule has 2 aliphatic rings. The predicted molar refractivity (Wildman–Crippen MR) is 219 cm³/mol. The van der Waals surface area contributed by atoms with Gasteiger partial charge >= 0.3 is 0 Å². The molecular formula is C43H40ClF2N7O4S. The maximum absolute atomic E-state index is 14.4. The van der Waals surface area contributed by atoms with Crippen LogP contribution >= 0.6 is 11.6 Å². The SMILES string of the molecule is N#Cc1ccc(-c2ccc(-c3ccc(N4CCCN(Cc5c(F)cccc5F)CC4)nc3C(N)=O)c(C(=O)Nc3ccc(S(=O)(=O)N4CCCCC4)cc3)c2Cl)cc1. The lowest BCUT2D eigenvalue weighted by Crippen LogP contribution is -2.35. The summed E-state index contributed by atoms with van der Waals surface area (Å²) in [5.41, 5.74) is 8.25. The van der Waals surface area contributed by atoms with E-state index < -0.39 is 33.5 Å². The van der Waals surface area contributed by atoms with E-state index in [0.717, 1.165) is 19.3 Å². The fourth-order valence-corrected chi connectivity index (χ4v) is 9.30. The van der Waals surface area contributed by atoms with Gasteiger partial charge in [-0.2, -0.15) is 9.57 Å². The summed E-state index contributed by atoms with van der Waals surface area (Å²) in [6, 6.07) is 25.2. The average molecular weight is 824 g/mol. The number of hydrogen-bond donors (Lipinski definition) is 2. The number of nitrogens with one attached hydrogen (secondary N) is 1. The number of nitrogens with two attached hydrogens (primary N) is 1. The monoisotopic (exact) mass is 823 g/mol. The number of hydrogen-bond acceptors (Lipinski definition) is 8. The Hall–Kier alpha value is -5.72. The van der Waals surface area contributed by atoms with Gasteiger partial charge in [-0.25, -0.2) is 22.2 Å². The first kappa shape index (κ1) is 40.5. The van der Waals surface area contributed by atoms with Gasteiger partial charge in [0, 0.05) is 68.2 Å². The summed E-state index contributed by atoms with van der Waals surface area (Å²) in [5, 5.41) is 12.2. The zero-order valence-electron chi connectivity index (χ0n) is 31.4. The Bertz CT molecular complexity index is 2490. The molecule has 2 fully saturated rings. The molecule has 3 heterocycles. The molecule has 0 bridgehead atoms. The fourth-order valence-electron chi connectivity index (χ4n) is 7.42. The van der Waals surface area contributed by atoms with Crippen molar-refractivity contribution in [3.8, 4) is 28.3 Å². The topological polar surface area (TPSA) is 153 Å². The average Bonchev–Trinajstić information content (AvgIpc) is 3.48. The van der Waals surface area contributed by atoms with Crippen LogP contribution < -0.4 is 16.0 Å². The lowest BCUT2D eigenvalue weighted by molar-refractivity contribution is 0.0993. The maximum atomic E-state index is 14.4. The van der Waals surface area contributed by atoms with Gasteiger partial charge in [-0.05, 0) is 91.1 Å². The molecule has 7 rings (SSSR count). The predicted octanol–water partition coefficient (Wildman–Crippen LogP) is 7.46. The zero-order chi connectivity index (χ0) is 41.0. The standard InChI is InChI=1S/C43H40ClF2N7O4S/c44-40-32(29-10-8-28(26-47)9-11-29)16-17-33(39(40)43(55)49-30-12-14-31(15-13-30)58(56,57)53-22-2-1-3-23-53)34-18-19-38(50-41(34)42(48)54)52-21-5-20-51(24-25-52)27-35-36(45)6-4-7-37(35)46/h4,6-19H,1-3,5,20-25,27H2,(H2,48,54)(H,49,55). The highest BCUT2D eigenvalue weighted by atomic mass is 35.5. The first-order valence-corrected chi connectivity index (χ1v) is 20.7. The lowest BCUT2D eigenvalue weighted by atomic mass is 9.92. The molecule has 0 unspecified atom stereocenters. The van der Waals surface area contributed by atoms with Crippen LogP contribution in [0.15, 0.2) is 95.9 Å². The van der Waals surface area contributed by atoms with Crippen LogP contribution in [0.5, 0.6) is 0 Å². The van der Waals surface area contributed by atoms with Gasteiger partial charge in [-0.1, -0.05) is 48.4 Å². The number of benzene rings is 4. The molecule has 4 aromatic carbocycles. The van der Waals surface area contributed by atoms with E-state index in [1.165, 1.54) is 46.8 Å². The third-order valence-electron chi connectivity index (χ3n) is 10.5. The van der Waals surface area contributed by atoms with Crippen LogP contribution in [0, 0.1) is 23.0 Å². The number of carbonyl (C=O) groups excluding carboxylic acids is 2. The highest BCUT2D eigenvalue weighted by Gasteiger charge is 2.28. The van der Waals surface area contributed by atoms with Gasteiger partial charge in [0.25, 0.3) is 11.8 Å². The molecule has 15 heteroatoms. The second kappa shape index (κ2) is 17.4. The van der Waals surface area contributed by atoms with Gasteiger partial charge in [-0.3, -0.25) is 14.5 Å². The molecule has 0 aliphatic carbocycles. The number of halogens is 3. The van der Waals surface area contributed by atoms with Crippen LogP contribution in [0.1, 0.15) is 57.7 Å². The highest BCUT2D eigenvalue weighted by molar-refractivity contribution is 7.89. The molecule has 0 atom stereocenters. The Morgan fingerprint density at radius 3 is 2.14 bits per heavy atom. The molecule has 3 N–H and O–H groups in total. The minimum Gasteiger partial charge on any atom is -0.364 e. The van der Waals surface area contributed by atoms with E-state index in [9.17, 15) is 32.0 Å². The molecule has 2 saturated heterocycles. The Morgan fingerprint density at radius 1 is 0.793 bits per heavy atom. The first-order valence-electron chi connectivity index (χ1n) is 18.9. The van der Waals surface area contributed by atoms with E-state index in [2.05, 4.69) is 16.4 Å². The molecule has 58 heavy (non-hydrogen) atoms. The normalized spacial score (nSPS) is 15.4. The molecule has 11 nitrogen and oxygen atoms in total. The van der Waals surface area contributed by atoms with Crippen molar-refractivity contribution < 1.29 is 26.8 Å². The summed E-state index contributed by atoms with van der Waals surface area (Å²) in [6.07, 6.45) is 3.24. The van der Waals surface area contributed by atoms with Gasteiger partial charge in [0.05, 0.1) is 27.1 Å². The van der Waals surface area contributed by atoms with E-state index in [1.54, 1.807) is 48.5 Å². The highest BCUT2D eigenvalue weighted by Crippen LogP contribution is 2.39. The molecule has 0 saturated carbocycles. The maximum Gasteiger partial charge on any atom is 0.268 e. The molecule has 0 radical (unpaired) electrons. The minimum atomic E-state index is -3.70. The smallest absolute Gasteiger partial charge is 0.268 e. The number of piperidine rings is 1. The van der Waals surface area contributed by atoms with Crippen LogP contribution in [0.3, 0.4) is 0 Å². The van der Waals surface area contributed by atoms with Crippen molar-refractivity contribution in [1.82, 2.24) is 14.2 Å². The molecule has 298 valence electrons. The van der Waals surface area contributed by atoms with E-state index in [1.807, 2.05) is 9.80 Å². The van der Waals surface area contributed by atoms with Crippen molar-refractivity contribution in [2.75, 3.05) is 49.5 Å². The van der Waals surface area contributed by atoms with Crippen LogP contribution in [-0.2, 0) is 16.6 Å². The lowest BCUT2D eigenvalue weighted by Gasteiger charge is -2.25. The first-order chi connectivity index (χ1) is 27.9. The van der Waals surface area contributed by atoms with Crippen LogP contribution in [0.25, 0.3) is 22.3 Å². The number of carbonyl (C=O) groups is 2. The molecule has 2 amide bonds.